The molecule has 1 aromatic rings. The molecule has 1 aliphatic heterocycles. The molecular formula is C14H17NO4. The molecule has 5 heteroatoms. The maximum absolute atomic E-state index is 10.6. The summed E-state index contributed by atoms with van der Waals surface area (Å²) in [4.78, 5) is 10.6. The van der Waals surface area contributed by atoms with Crippen LogP contribution in [0.5, 0.6) is 11.5 Å². The number of benzene rings is 1. The molecule has 5 nitrogen and oxygen atoms in total. The third-order valence-corrected chi connectivity index (χ3v) is 2.87. The summed E-state index contributed by atoms with van der Waals surface area (Å²) < 4.78 is 11.2. The number of hydrogen-bond donors (Lipinski definition) is 2. The second kappa shape index (κ2) is 6.24. The minimum Gasteiger partial charge on any atom is -0.490 e. The van der Waals surface area contributed by atoms with Gasteiger partial charge in [-0.25, -0.2) is 4.79 Å². The summed E-state index contributed by atoms with van der Waals surface area (Å²) in [7, 11) is 1.78. The number of nitrogens with one attached hydrogen (secondary N) is 1. The maximum atomic E-state index is 10.6. The number of carbonyl (C=O) groups is 1. The predicted octanol–water partition coefficient (Wildman–Crippen LogP) is 1.75. The van der Waals surface area contributed by atoms with Crippen LogP contribution in [0.25, 0.3) is 0 Å². The van der Waals surface area contributed by atoms with E-state index in [1.165, 1.54) is 0 Å². The zero-order chi connectivity index (χ0) is 13.7. The minimum absolute atomic E-state index is 0.173. The van der Waals surface area contributed by atoms with Gasteiger partial charge in [-0.2, -0.15) is 0 Å². The maximum Gasteiger partial charge on any atom is 0.328 e. The molecule has 1 unspecified atom stereocenters. The Morgan fingerprint density at radius 3 is 2.79 bits per heavy atom. The lowest BCUT2D eigenvalue weighted by atomic mass is 10.1. The van der Waals surface area contributed by atoms with E-state index in [2.05, 4.69) is 5.32 Å². The Bertz CT molecular complexity index is 484. The number of ether oxygens (including phenoxy) is 2. The van der Waals surface area contributed by atoms with Gasteiger partial charge >= 0.3 is 5.97 Å². The van der Waals surface area contributed by atoms with E-state index in [0.29, 0.717) is 19.0 Å². The third-order valence-electron chi connectivity index (χ3n) is 2.87. The van der Waals surface area contributed by atoms with Gasteiger partial charge in [0.1, 0.15) is 0 Å². The van der Waals surface area contributed by atoms with Crippen molar-refractivity contribution in [3.05, 3.63) is 35.9 Å². The molecule has 0 spiro atoms. The lowest BCUT2D eigenvalue weighted by molar-refractivity contribution is -0.131. The summed E-state index contributed by atoms with van der Waals surface area (Å²) in [5.41, 5.74) is 0.934. The Labute approximate surface area is 111 Å². The molecule has 0 fully saturated rings. The second-order valence-electron chi connectivity index (χ2n) is 4.22. The fraction of sp³-hybridized carbons (Fsp3) is 0.357. The van der Waals surface area contributed by atoms with Crippen molar-refractivity contribution in [2.45, 2.75) is 12.5 Å². The summed E-state index contributed by atoms with van der Waals surface area (Å²) in [5, 5.41) is 11.7. The Kier molecular flexibility index (Phi) is 4.41. The zero-order valence-electron chi connectivity index (χ0n) is 10.8. The molecule has 1 aromatic carbocycles. The van der Waals surface area contributed by atoms with Gasteiger partial charge in [-0.1, -0.05) is 12.1 Å². The topological polar surface area (TPSA) is 67.8 Å². The Morgan fingerprint density at radius 1 is 1.37 bits per heavy atom. The molecule has 0 bridgehead atoms. The van der Waals surface area contributed by atoms with Crippen LogP contribution < -0.4 is 14.8 Å². The molecule has 1 atom stereocenters. The van der Waals surface area contributed by atoms with Crippen molar-refractivity contribution in [1.82, 2.24) is 5.32 Å². The number of aliphatic carboxylic acids is 1. The van der Waals surface area contributed by atoms with Gasteiger partial charge in [0.2, 0.25) is 0 Å². The van der Waals surface area contributed by atoms with Crippen molar-refractivity contribution < 1.29 is 19.4 Å². The van der Waals surface area contributed by atoms with Gasteiger partial charge in [0.05, 0.1) is 19.3 Å². The first-order chi connectivity index (χ1) is 9.20. The highest BCUT2D eigenvalue weighted by atomic mass is 16.5. The molecule has 0 radical (unpaired) electrons. The number of carboxylic acids is 1. The van der Waals surface area contributed by atoms with Gasteiger partial charge < -0.3 is 19.9 Å². The van der Waals surface area contributed by atoms with Crippen LogP contribution in [0.2, 0.25) is 0 Å². The number of hydrogen-bond acceptors (Lipinski definition) is 4. The van der Waals surface area contributed by atoms with Crippen molar-refractivity contribution in [1.29, 1.82) is 0 Å². The number of carboxylic acid groups (broad SMARTS) is 1. The van der Waals surface area contributed by atoms with Crippen molar-refractivity contribution in [2.24, 2.45) is 0 Å². The van der Waals surface area contributed by atoms with Crippen LogP contribution in [-0.2, 0) is 4.79 Å². The van der Waals surface area contributed by atoms with E-state index in [-0.39, 0.29) is 6.04 Å². The Hall–Kier alpha value is -2.01. The van der Waals surface area contributed by atoms with Crippen molar-refractivity contribution in [3.8, 4) is 11.5 Å². The molecule has 2 rings (SSSR count). The van der Waals surface area contributed by atoms with E-state index >= 15 is 0 Å². The van der Waals surface area contributed by atoms with E-state index in [4.69, 9.17) is 14.6 Å². The summed E-state index contributed by atoms with van der Waals surface area (Å²) in [6, 6.07) is 5.47. The van der Waals surface area contributed by atoms with Crippen molar-refractivity contribution in [3.63, 3.8) is 0 Å². The highest BCUT2D eigenvalue weighted by molar-refractivity contribution is 5.79. The molecule has 1 aliphatic rings. The highest BCUT2D eigenvalue weighted by Crippen LogP contribution is 2.32. The van der Waals surface area contributed by atoms with Gasteiger partial charge in [-0.3, -0.25) is 0 Å². The first kappa shape index (κ1) is 13.4. The van der Waals surface area contributed by atoms with Crippen LogP contribution >= 0.6 is 0 Å². The lowest BCUT2D eigenvalue weighted by Gasteiger charge is -2.15. The summed E-state index contributed by atoms with van der Waals surface area (Å²) in [6.07, 6.45) is 3.59. The molecule has 102 valence electrons. The Morgan fingerprint density at radius 2 is 2.11 bits per heavy atom. The molecule has 0 aromatic heterocycles. The number of rotatable bonds is 4. The normalized spacial score (nSPS) is 16.1. The van der Waals surface area contributed by atoms with Crippen LogP contribution in [0.3, 0.4) is 0 Å². The van der Waals surface area contributed by atoms with E-state index in [1.54, 1.807) is 13.1 Å². The Balaban J connectivity index is 2.24. The monoisotopic (exact) mass is 263 g/mol. The average Bonchev–Trinajstić information content (AvgIpc) is 2.63. The molecule has 2 N–H and O–H groups in total. The fourth-order valence-electron chi connectivity index (χ4n) is 1.93. The molecule has 1 heterocycles. The summed E-state index contributed by atoms with van der Waals surface area (Å²) >= 11 is 0. The average molecular weight is 263 g/mol. The predicted molar refractivity (Wildman–Crippen MR) is 70.6 cm³/mol. The quantitative estimate of drug-likeness (QED) is 0.810. The third kappa shape index (κ3) is 3.48. The van der Waals surface area contributed by atoms with Gasteiger partial charge in [0.25, 0.3) is 0 Å². The zero-order valence-corrected chi connectivity index (χ0v) is 10.8. The lowest BCUT2D eigenvalue weighted by Crippen LogP contribution is -2.14. The second-order valence-corrected chi connectivity index (χ2v) is 4.22. The van der Waals surface area contributed by atoms with Gasteiger partial charge in [0, 0.05) is 12.5 Å². The van der Waals surface area contributed by atoms with E-state index in [0.717, 1.165) is 23.8 Å². The molecular weight excluding hydrogens is 246 g/mol. The number of likely N-dealkylation sites (N-methyl/N-ethyl adjacent to an activating group) is 1. The van der Waals surface area contributed by atoms with Crippen LogP contribution in [-0.4, -0.2) is 31.3 Å². The van der Waals surface area contributed by atoms with Crippen molar-refractivity contribution in [2.75, 3.05) is 20.3 Å². The fourth-order valence-corrected chi connectivity index (χ4v) is 1.93. The first-order valence-electron chi connectivity index (χ1n) is 6.18. The SMILES string of the molecule is CNC(/C=C/C(=O)O)c1ccc2c(c1)OCCCO2. The van der Waals surface area contributed by atoms with Crippen LogP contribution in [0.4, 0.5) is 0 Å². The molecule has 0 saturated heterocycles. The largest absolute Gasteiger partial charge is 0.490 e. The summed E-state index contributed by atoms with van der Waals surface area (Å²) in [6.45, 7) is 1.28. The van der Waals surface area contributed by atoms with Gasteiger partial charge in [-0.05, 0) is 24.7 Å². The molecule has 0 amide bonds. The first-order valence-corrected chi connectivity index (χ1v) is 6.18. The van der Waals surface area contributed by atoms with Gasteiger partial charge in [0.15, 0.2) is 11.5 Å². The smallest absolute Gasteiger partial charge is 0.328 e. The number of fused-ring (bicyclic) bond motifs is 1. The van der Waals surface area contributed by atoms with E-state index in [9.17, 15) is 4.79 Å². The van der Waals surface area contributed by atoms with E-state index < -0.39 is 5.97 Å². The van der Waals surface area contributed by atoms with Crippen molar-refractivity contribution >= 4 is 5.97 Å². The minimum atomic E-state index is -0.963. The van der Waals surface area contributed by atoms with Crippen LogP contribution in [0.15, 0.2) is 30.4 Å². The molecule has 0 aliphatic carbocycles. The highest BCUT2D eigenvalue weighted by Gasteiger charge is 2.13. The van der Waals surface area contributed by atoms with Crippen LogP contribution in [0.1, 0.15) is 18.0 Å². The van der Waals surface area contributed by atoms with Gasteiger partial charge in [-0.15, -0.1) is 0 Å². The standard InChI is InChI=1S/C14H17NO4/c1-15-11(4-6-14(16)17)10-3-5-12-13(9-10)19-8-2-7-18-12/h3-6,9,11,15H,2,7-8H2,1H3,(H,16,17)/b6-4+. The summed E-state index contributed by atoms with van der Waals surface area (Å²) in [5.74, 6) is 0.479. The van der Waals surface area contributed by atoms with Crippen LogP contribution in [0, 0.1) is 0 Å². The van der Waals surface area contributed by atoms with E-state index in [1.807, 2.05) is 18.2 Å². The molecule has 0 saturated carbocycles. The molecule has 19 heavy (non-hydrogen) atoms.